The number of aliphatic hydroxyl groups is 4. The van der Waals surface area contributed by atoms with Gasteiger partial charge in [-0.2, -0.15) is 0 Å². The first kappa shape index (κ1) is 22.5. The lowest BCUT2D eigenvalue weighted by Crippen LogP contribution is -2.55. The van der Waals surface area contributed by atoms with E-state index in [2.05, 4.69) is 0 Å². The van der Waals surface area contributed by atoms with E-state index in [1.54, 1.807) is 36.0 Å². The van der Waals surface area contributed by atoms with Crippen LogP contribution in [0, 0.1) is 5.82 Å². The maximum absolute atomic E-state index is 14.5. The van der Waals surface area contributed by atoms with Crippen molar-refractivity contribution < 1.29 is 29.6 Å². The van der Waals surface area contributed by atoms with Crippen molar-refractivity contribution in [2.45, 2.75) is 48.8 Å². The Hall–Kier alpha value is -1.19. The van der Waals surface area contributed by atoms with Gasteiger partial charge in [-0.3, -0.25) is 0 Å². The van der Waals surface area contributed by atoms with Gasteiger partial charge in [0.2, 0.25) is 0 Å². The highest BCUT2D eigenvalue weighted by molar-refractivity contribution is 7.99. The van der Waals surface area contributed by atoms with E-state index in [1.165, 1.54) is 6.07 Å². The first-order chi connectivity index (χ1) is 13.8. The van der Waals surface area contributed by atoms with Crippen LogP contribution in [0.25, 0.3) is 0 Å². The van der Waals surface area contributed by atoms with Crippen molar-refractivity contribution in [3.05, 3.63) is 63.9 Å². The van der Waals surface area contributed by atoms with Gasteiger partial charge in [0, 0.05) is 16.3 Å². The number of aliphatic hydroxyl groups excluding tert-OH is 4. The fraction of sp³-hybridized carbons (Fsp3) is 0.429. The number of benzene rings is 2. The molecule has 1 aliphatic rings. The van der Waals surface area contributed by atoms with Crippen LogP contribution in [0.1, 0.15) is 29.7 Å². The van der Waals surface area contributed by atoms with E-state index < -0.39 is 37.1 Å². The van der Waals surface area contributed by atoms with Crippen LogP contribution in [-0.2, 0) is 11.2 Å². The summed E-state index contributed by atoms with van der Waals surface area (Å²) in [7, 11) is 0. The highest BCUT2D eigenvalue weighted by Gasteiger charge is 2.44. The second kappa shape index (κ2) is 9.75. The Morgan fingerprint density at radius 3 is 2.45 bits per heavy atom. The molecule has 4 N–H and O–H groups in total. The molecule has 0 aliphatic carbocycles. The molecule has 5 nitrogen and oxygen atoms in total. The zero-order chi connectivity index (χ0) is 21.1. The monoisotopic (exact) mass is 442 g/mol. The largest absolute Gasteiger partial charge is 0.394 e. The Kier molecular flexibility index (Phi) is 7.56. The van der Waals surface area contributed by atoms with E-state index in [4.69, 9.17) is 16.3 Å². The SMILES string of the molecule is CCSc1ccc(Cc2cc([C@@H]3O[C@H](CO)[C@@H](O)[C@H](O)[C@H]3O)ccc2Cl)c(F)c1. The molecular weight excluding hydrogens is 419 g/mol. The Labute approximate surface area is 178 Å². The topological polar surface area (TPSA) is 90.2 Å². The van der Waals surface area contributed by atoms with Gasteiger partial charge in [0.05, 0.1) is 6.61 Å². The minimum Gasteiger partial charge on any atom is -0.394 e. The molecule has 0 amide bonds. The number of thioether (sulfide) groups is 1. The zero-order valence-electron chi connectivity index (χ0n) is 15.8. The first-order valence-corrected chi connectivity index (χ1v) is 10.7. The van der Waals surface area contributed by atoms with Crippen molar-refractivity contribution in [3.63, 3.8) is 0 Å². The second-order valence-corrected chi connectivity index (χ2v) is 8.71. The maximum Gasteiger partial charge on any atom is 0.127 e. The van der Waals surface area contributed by atoms with Crippen LogP contribution in [0.15, 0.2) is 41.3 Å². The molecule has 29 heavy (non-hydrogen) atoms. The third kappa shape index (κ3) is 4.94. The Bertz CT molecular complexity index is 850. The smallest absolute Gasteiger partial charge is 0.127 e. The van der Waals surface area contributed by atoms with Crippen LogP contribution < -0.4 is 0 Å². The first-order valence-electron chi connectivity index (χ1n) is 9.35. The van der Waals surface area contributed by atoms with E-state index in [9.17, 15) is 24.8 Å². The van der Waals surface area contributed by atoms with Crippen molar-refractivity contribution in [2.75, 3.05) is 12.4 Å². The van der Waals surface area contributed by atoms with E-state index in [-0.39, 0.29) is 12.2 Å². The summed E-state index contributed by atoms with van der Waals surface area (Å²) in [6.07, 6.45) is -6.00. The van der Waals surface area contributed by atoms with Crippen molar-refractivity contribution >= 4 is 23.4 Å². The van der Waals surface area contributed by atoms with Gasteiger partial charge in [-0.15, -0.1) is 11.8 Å². The van der Waals surface area contributed by atoms with Crippen molar-refractivity contribution in [2.24, 2.45) is 0 Å². The summed E-state index contributed by atoms with van der Waals surface area (Å²) in [5.74, 6) is 0.531. The predicted molar refractivity (Wildman–Crippen MR) is 110 cm³/mol. The minimum absolute atomic E-state index is 0.243. The fourth-order valence-electron chi connectivity index (χ4n) is 3.42. The van der Waals surface area contributed by atoms with Gasteiger partial charge in [-0.05, 0) is 40.6 Å². The minimum atomic E-state index is -1.47. The molecule has 0 aromatic heterocycles. The molecule has 0 bridgehead atoms. The zero-order valence-corrected chi connectivity index (χ0v) is 17.4. The number of hydrogen-bond acceptors (Lipinski definition) is 6. The van der Waals surface area contributed by atoms with Gasteiger partial charge in [-0.25, -0.2) is 4.39 Å². The van der Waals surface area contributed by atoms with Crippen LogP contribution in [0.2, 0.25) is 5.02 Å². The average molecular weight is 443 g/mol. The van der Waals surface area contributed by atoms with Gasteiger partial charge in [0.25, 0.3) is 0 Å². The third-order valence-electron chi connectivity index (χ3n) is 5.01. The van der Waals surface area contributed by atoms with Gasteiger partial charge < -0.3 is 25.2 Å². The second-order valence-electron chi connectivity index (χ2n) is 6.96. The Morgan fingerprint density at radius 1 is 1.03 bits per heavy atom. The summed E-state index contributed by atoms with van der Waals surface area (Å²) in [5.41, 5.74) is 1.63. The summed E-state index contributed by atoms with van der Waals surface area (Å²) < 4.78 is 20.1. The van der Waals surface area contributed by atoms with Crippen LogP contribution in [0.3, 0.4) is 0 Å². The van der Waals surface area contributed by atoms with E-state index in [0.29, 0.717) is 21.7 Å². The fourth-order valence-corrected chi connectivity index (χ4v) is 4.29. The summed E-state index contributed by atoms with van der Waals surface area (Å²) >= 11 is 7.86. The van der Waals surface area contributed by atoms with Crippen LogP contribution in [-0.4, -0.2) is 57.2 Å². The van der Waals surface area contributed by atoms with Gasteiger partial charge in [-0.1, -0.05) is 36.7 Å². The van der Waals surface area contributed by atoms with Gasteiger partial charge in [0.1, 0.15) is 36.3 Å². The molecule has 1 aliphatic heterocycles. The molecule has 1 heterocycles. The number of hydrogen-bond donors (Lipinski definition) is 4. The summed E-state index contributed by atoms with van der Waals surface area (Å²) in [6, 6.07) is 10.0. The number of rotatable bonds is 6. The average Bonchev–Trinajstić information content (AvgIpc) is 2.70. The molecule has 2 aromatic carbocycles. The predicted octanol–water partition coefficient (Wildman–Crippen LogP) is 2.70. The van der Waals surface area contributed by atoms with Crippen LogP contribution >= 0.6 is 23.4 Å². The molecule has 158 valence electrons. The molecule has 0 unspecified atom stereocenters. The lowest BCUT2D eigenvalue weighted by atomic mass is 9.90. The lowest BCUT2D eigenvalue weighted by molar-refractivity contribution is -0.231. The van der Waals surface area contributed by atoms with Gasteiger partial charge >= 0.3 is 0 Å². The molecular formula is C21H24ClFO5S. The van der Waals surface area contributed by atoms with Crippen molar-refractivity contribution in [3.8, 4) is 0 Å². The molecule has 8 heteroatoms. The molecule has 0 radical (unpaired) electrons. The van der Waals surface area contributed by atoms with E-state index >= 15 is 0 Å². The van der Waals surface area contributed by atoms with Crippen LogP contribution in [0.4, 0.5) is 4.39 Å². The normalized spacial score (nSPS) is 27.2. The van der Waals surface area contributed by atoms with Gasteiger partial charge in [0.15, 0.2) is 0 Å². The van der Waals surface area contributed by atoms with E-state index in [1.807, 2.05) is 13.0 Å². The molecule has 0 saturated carbocycles. The number of ether oxygens (including phenoxy) is 1. The molecule has 2 aromatic rings. The van der Waals surface area contributed by atoms with E-state index in [0.717, 1.165) is 10.6 Å². The highest BCUT2D eigenvalue weighted by Crippen LogP contribution is 2.34. The quantitative estimate of drug-likeness (QED) is 0.514. The van der Waals surface area contributed by atoms with Crippen molar-refractivity contribution in [1.82, 2.24) is 0 Å². The number of halogens is 2. The standard InChI is InChI=1S/C21H24ClFO5S/c1-2-29-14-5-3-11(16(23)9-14)7-13-8-12(4-6-15(13)22)21-20(27)19(26)18(25)17(10-24)28-21/h3-6,8-9,17-21,24-27H,2,7,10H2,1H3/t17-,18-,19+,20-,21+/m1/s1. The molecule has 1 fully saturated rings. The molecule has 3 rings (SSSR count). The summed E-state index contributed by atoms with van der Waals surface area (Å²) in [6.45, 7) is 1.50. The molecule has 5 atom stereocenters. The molecule has 0 spiro atoms. The summed E-state index contributed by atoms with van der Waals surface area (Å²) in [4.78, 5) is 0.856. The molecule has 1 saturated heterocycles. The Morgan fingerprint density at radius 2 is 1.79 bits per heavy atom. The Balaban J connectivity index is 1.87. The lowest BCUT2D eigenvalue weighted by Gasteiger charge is -2.40. The van der Waals surface area contributed by atoms with Crippen molar-refractivity contribution in [1.29, 1.82) is 0 Å². The maximum atomic E-state index is 14.5. The summed E-state index contributed by atoms with van der Waals surface area (Å²) in [5, 5.41) is 40.1. The third-order valence-corrected chi connectivity index (χ3v) is 6.25. The van der Waals surface area contributed by atoms with Crippen LogP contribution in [0.5, 0.6) is 0 Å². The highest BCUT2D eigenvalue weighted by atomic mass is 35.5.